The van der Waals surface area contributed by atoms with E-state index in [-0.39, 0.29) is 5.91 Å². The van der Waals surface area contributed by atoms with Crippen LogP contribution in [-0.2, 0) is 16.0 Å². The second-order valence-electron chi connectivity index (χ2n) is 7.57. The average molecular weight is 358 g/mol. The van der Waals surface area contributed by atoms with Gasteiger partial charge in [-0.15, -0.1) is 0 Å². The maximum atomic E-state index is 12.5. The zero-order valence-electron chi connectivity index (χ0n) is 15.5. The predicted octanol–water partition coefficient (Wildman–Crippen LogP) is 2.62. The lowest BCUT2D eigenvalue weighted by atomic mass is 10.2. The summed E-state index contributed by atoms with van der Waals surface area (Å²) in [6.07, 6.45) is 1.66. The molecule has 0 saturated carbocycles. The lowest BCUT2D eigenvalue weighted by molar-refractivity contribution is -0.125. The minimum Gasteiger partial charge on any atom is -0.444 e. The van der Waals surface area contributed by atoms with Crippen molar-refractivity contribution in [2.75, 3.05) is 13.1 Å². The number of carbonyl (C=O) groups excluding carboxylic acids is 2. The normalized spacial score (nSPS) is 17.5. The van der Waals surface area contributed by atoms with Crippen LogP contribution in [-0.4, -0.2) is 51.6 Å². The van der Waals surface area contributed by atoms with Crippen LogP contribution in [0.2, 0.25) is 0 Å². The summed E-state index contributed by atoms with van der Waals surface area (Å²) in [5.41, 5.74) is 1.34. The monoisotopic (exact) mass is 358 g/mol. The number of para-hydroxylation sites is 2. The summed E-state index contributed by atoms with van der Waals surface area (Å²) in [5.74, 6) is 0.700. The fourth-order valence-electron chi connectivity index (χ4n) is 3.12. The fourth-order valence-corrected chi connectivity index (χ4v) is 3.12. The van der Waals surface area contributed by atoms with Crippen LogP contribution < -0.4 is 5.32 Å². The molecule has 1 atom stereocenters. The molecule has 1 aliphatic rings. The Morgan fingerprint density at radius 2 is 2.12 bits per heavy atom. The Labute approximate surface area is 153 Å². The van der Waals surface area contributed by atoms with Gasteiger partial charge in [0, 0.05) is 19.5 Å². The molecule has 0 bridgehead atoms. The number of benzene rings is 1. The maximum Gasteiger partial charge on any atom is 0.410 e. The van der Waals surface area contributed by atoms with Crippen LogP contribution in [0.5, 0.6) is 0 Å². The highest BCUT2D eigenvalue weighted by Gasteiger charge is 2.36. The van der Waals surface area contributed by atoms with E-state index in [1.807, 2.05) is 45.0 Å². The molecule has 3 rings (SSSR count). The third kappa shape index (κ3) is 4.33. The Bertz CT molecular complexity index is 760. The third-order valence-corrected chi connectivity index (χ3v) is 4.28. The molecule has 26 heavy (non-hydrogen) atoms. The van der Waals surface area contributed by atoms with Crippen molar-refractivity contribution in [2.24, 2.45) is 0 Å². The van der Waals surface area contributed by atoms with Gasteiger partial charge in [0.25, 0.3) is 0 Å². The first-order valence-corrected chi connectivity index (χ1v) is 9.04. The van der Waals surface area contributed by atoms with Crippen molar-refractivity contribution in [1.29, 1.82) is 0 Å². The van der Waals surface area contributed by atoms with Gasteiger partial charge >= 0.3 is 6.09 Å². The van der Waals surface area contributed by atoms with Crippen LogP contribution in [0.4, 0.5) is 4.79 Å². The van der Waals surface area contributed by atoms with Gasteiger partial charge in [-0.3, -0.25) is 9.69 Å². The number of hydrogen-bond acceptors (Lipinski definition) is 4. The number of carbonyl (C=O) groups is 2. The molecule has 2 aromatic rings. The molecule has 1 aromatic heterocycles. The Balaban J connectivity index is 1.53. The van der Waals surface area contributed by atoms with Crippen LogP contribution >= 0.6 is 0 Å². The molecule has 2 heterocycles. The topological polar surface area (TPSA) is 87.3 Å². The Hall–Kier alpha value is -2.57. The summed E-state index contributed by atoms with van der Waals surface area (Å²) in [6.45, 7) is 6.49. The molecule has 7 heteroatoms. The standard InChI is InChI=1S/C19H26N4O3/c1-19(2,3)26-18(25)23-12-6-9-15(23)17(24)20-11-10-16-21-13-7-4-5-8-14(13)22-16/h4-5,7-8,15H,6,9-12H2,1-3H3,(H,20,24)(H,21,22). The number of nitrogens with zero attached hydrogens (tertiary/aromatic N) is 2. The SMILES string of the molecule is CC(C)(C)OC(=O)N1CCCC1C(=O)NCCc1nc2ccccc2[nH]1. The Kier molecular flexibility index (Phi) is 5.15. The van der Waals surface area contributed by atoms with E-state index in [1.165, 1.54) is 4.90 Å². The molecular weight excluding hydrogens is 332 g/mol. The number of rotatable bonds is 4. The minimum atomic E-state index is -0.567. The van der Waals surface area contributed by atoms with Gasteiger partial charge in [0.1, 0.15) is 17.5 Å². The van der Waals surface area contributed by atoms with Gasteiger partial charge in [0.2, 0.25) is 5.91 Å². The molecule has 2 N–H and O–H groups in total. The van der Waals surface area contributed by atoms with Crippen LogP contribution in [0.1, 0.15) is 39.4 Å². The molecule has 0 spiro atoms. The molecule has 7 nitrogen and oxygen atoms in total. The maximum absolute atomic E-state index is 12.5. The van der Waals surface area contributed by atoms with Crippen LogP contribution in [0.25, 0.3) is 11.0 Å². The third-order valence-electron chi connectivity index (χ3n) is 4.28. The van der Waals surface area contributed by atoms with Crippen LogP contribution in [0.3, 0.4) is 0 Å². The minimum absolute atomic E-state index is 0.135. The largest absolute Gasteiger partial charge is 0.444 e. The molecule has 1 unspecified atom stereocenters. The van der Waals surface area contributed by atoms with Gasteiger partial charge in [-0.1, -0.05) is 12.1 Å². The highest BCUT2D eigenvalue weighted by Crippen LogP contribution is 2.21. The average Bonchev–Trinajstić information content (AvgIpc) is 3.19. The number of ether oxygens (including phenoxy) is 1. The summed E-state index contributed by atoms with van der Waals surface area (Å²) in [7, 11) is 0. The van der Waals surface area contributed by atoms with Crippen molar-refractivity contribution in [2.45, 2.75) is 51.7 Å². The number of amides is 2. The van der Waals surface area contributed by atoms with E-state index in [0.717, 1.165) is 23.3 Å². The smallest absolute Gasteiger partial charge is 0.410 e. The number of aromatic amines is 1. The van der Waals surface area contributed by atoms with Gasteiger partial charge in [-0.25, -0.2) is 9.78 Å². The van der Waals surface area contributed by atoms with Gasteiger partial charge in [0.15, 0.2) is 0 Å². The molecular formula is C19H26N4O3. The second kappa shape index (κ2) is 7.35. The first-order valence-electron chi connectivity index (χ1n) is 9.04. The summed E-state index contributed by atoms with van der Waals surface area (Å²) in [5, 5.41) is 2.92. The van der Waals surface area contributed by atoms with Crippen molar-refractivity contribution in [3.05, 3.63) is 30.1 Å². The summed E-state index contributed by atoms with van der Waals surface area (Å²) >= 11 is 0. The number of H-pyrrole nitrogens is 1. The molecule has 2 amide bonds. The molecule has 1 saturated heterocycles. The summed E-state index contributed by atoms with van der Waals surface area (Å²) in [4.78, 5) is 34.0. The van der Waals surface area contributed by atoms with Gasteiger partial charge in [0.05, 0.1) is 11.0 Å². The molecule has 0 aliphatic carbocycles. The van der Waals surface area contributed by atoms with Crippen molar-refractivity contribution in [1.82, 2.24) is 20.2 Å². The van der Waals surface area contributed by atoms with E-state index in [1.54, 1.807) is 0 Å². The van der Waals surface area contributed by atoms with E-state index in [4.69, 9.17) is 4.74 Å². The zero-order valence-corrected chi connectivity index (χ0v) is 15.5. The molecule has 0 radical (unpaired) electrons. The highest BCUT2D eigenvalue weighted by molar-refractivity contribution is 5.86. The zero-order chi connectivity index (χ0) is 18.7. The summed E-state index contributed by atoms with van der Waals surface area (Å²) in [6, 6.07) is 7.37. The van der Waals surface area contributed by atoms with E-state index in [2.05, 4.69) is 15.3 Å². The first-order chi connectivity index (χ1) is 12.3. The first kappa shape index (κ1) is 18.2. The van der Waals surface area contributed by atoms with Gasteiger partial charge in [-0.2, -0.15) is 0 Å². The van der Waals surface area contributed by atoms with E-state index in [0.29, 0.717) is 25.9 Å². The lowest BCUT2D eigenvalue weighted by Gasteiger charge is -2.28. The van der Waals surface area contributed by atoms with E-state index < -0.39 is 17.7 Å². The van der Waals surface area contributed by atoms with Crippen molar-refractivity contribution in [3.8, 4) is 0 Å². The van der Waals surface area contributed by atoms with Gasteiger partial charge < -0.3 is 15.0 Å². The number of aromatic nitrogens is 2. The molecule has 1 aromatic carbocycles. The number of imidazole rings is 1. The van der Waals surface area contributed by atoms with Crippen LogP contribution in [0.15, 0.2) is 24.3 Å². The summed E-state index contributed by atoms with van der Waals surface area (Å²) < 4.78 is 5.40. The number of hydrogen-bond donors (Lipinski definition) is 2. The van der Waals surface area contributed by atoms with Gasteiger partial charge in [-0.05, 0) is 45.7 Å². The molecule has 140 valence electrons. The Morgan fingerprint density at radius 1 is 1.35 bits per heavy atom. The number of nitrogens with one attached hydrogen (secondary N) is 2. The number of fused-ring (bicyclic) bond motifs is 1. The van der Waals surface area contributed by atoms with Crippen molar-refractivity contribution >= 4 is 23.0 Å². The van der Waals surface area contributed by atoms with Crippen LogP contribution in [0, 0.1) is 0 Å². The Morgan fingerprint density at radius 3 is 2.85 bits per heavy atom. The second-order valence-corrected chi connectivity index (χ2v) is 7.57. The van der Waals surface area contributed by atoms with E-state index in [9.17, 15) is 9.59 Å². The lowest BCUT2D eigenvalue weighted by Crippen LogP contribution is -2.47. The number of likely N-dealkylation sites (tertiary alicyclic amines) is 1. The highest BCUT2D eigenvalue weighted by atomic mass is 16.6. The molecule has 1 fully saturated rings. The quantitative estimate of drug-likeness (QED) is 0.879. The predicted molar refractivity (Wildman–Crippen MR) is 98.8 cm³/mol. The van der Waals surface area contributed by atoms with Crippen molar-refractivity contribution in [3.63, 3.8) is 0 Å². The van der Waals surface area contributed by atoms with Crippen molar-refractivity contribution < 1.29 is 14.3 Å². The molecule has 1 aliphatic heterocycles. The van der Waals surface area contributed by atoms with E-state index >= 15 is 0 Å². The fraction of sp³-hybridized carbons (Fsp3) is 0.526.